The SMILES string of the molecule is Cc1ccccc1CN1Cc2cc(C)c(OCC3Oc4cc(OCc5ccc(Cl)c(Cl)c5)ccc43)cc2C[C@H]1C(=O)N[C@@H](Cc1ccc(-c2ccnc(C)c2C)cc1)C(=O)O. The molecule has 0 aliphatic carbocycles. The highest BCUT2D eigenvalue weighted by atomic mass is 35.5. The minimum atomic E-state index is -1.11. The molecule has 0 radical (unpaired) electrons. The van der Waals surface area contributed by atoms with Crippen LogP contribution in [0, 0.1) is 27.7 Å². The molecule has 312 valence electrons. The Morgan fingerprint density at radius 1 is 0.869 bits per heavy atom. The van der Waals surface area contributed by atoms with Crippen molar-refractivity contribution in [3.63, 3.8) is 0 Å². The number of ether oxygens (including phenoxy) is 3. The van der Waals surface area contributed by atoms with Gasteiger partial charge in [-0.3, -0.25) is 14.7 Å². The molecule has 1 unspecified atom stereocenters. The smallest absolute Gasteiger partial charge is 0.326 e. The number of carboxylic acids is 1. The molecule has 0 saturated carbocycles. The summed E-state index contributed by atoms with van der Waals surface area (Å²) in [5, 5.41) is 14.3. The second-order valence-corrected chi connectivity index (χ2v) is 16.8. The van der Waals surface area contributed by atoms with Crippen LogP contribution in [-0.2, 0) is 42.1 Å². The summed E-state index contributed by atoms with van der Waals surface area (Å²) in [6.07, 6.45) is 2.09. The number of carbonyl (C=O) groups excluding carboxylic acids is 1. The van der Waals surface area contributed by atoms with E-state index in [1.807, 2.05) is 93.6 Å². The van der Waals surface area contributed by atoms with Crippen LogP contribution in [0.3, 0.4) is 0 Å². The van der Waals surface area contributed by atoms with Gasteiger partial charge in [-0.1, -0.05) is 83.9 Å². The Morgan fingerprint density at radius 2 is 1.66 bits per heavy atom. The van der Waals surface area contributed by atoms with Gasteiger partial charge >= 0.3 is 5.97 Å². The fourth-order valence-corrected chi connectivity index (χ4v) is 8.39. The highest BCUT2D eigenvalue weighted by molar-refractivity contribution is 6.42. The van der Waals surface area contributed by atoms with Crippen molar-refractivity contribution in [3.05, 3.63) is 175 Å². The van der Waals surface area contributed by atoms with Gasteiger partial charge in [0.1, 0.15) is 36.5 Å². The van der Waals surface area contributed by atoms with Crippen LogP contribution < -0.4 is 19.5 Å². The van der Waals surface area contributed by atoms with Gasteiger partial charge in [0.25, 0.3) is 0 Å². The van der Waals surface area contributed by atoms with E-state index >= 15 is 0 Å². The number of nitrogens with zero attached hydrogens (tertiary/aromatic N) is 2. The number of aromatic nitrogens is 1. The molecule has 9 nitrogen and oxygen atoms in total. The maximum absolute atomic E-state index is 14.3. The maximum atomic E-state index is 14.3. The van der Waals surface area contributed by atoms with Gasteiger partial charge in [0.05, 0.1) is 16.1 Å². The van der Waals surface area contributed by atoms with Crippen LogP contribution >= 0.6 is 23.2 Å². The largest absolute Gasteiger partial charge is 0.489 e. The number of nitrogens with one attached hydrogen (secondary N) is 1. The third-order valence-corrected chi connectivity index (χ3v) is 12.6. The number of amides is 1. The minimum absolute atomic E-state index is 0.146. The molecule has 8 rings (SSSR count). The van der Waals surface area contributed by atoms with Crippen LogP contribution in [-0.4, -0.2) is 45.6 Å². The summed E-state index contributed by atoms with van der Waals surface area (Å²) in [6.45, 7) is 9.82. The number of rotatable bonds is 14. The number of carbonyl (C=O) groups is 2. The van der Waals surface area contributed by atoms with E-state index in [9.17, 15) is 14.7 Å². The molecule has 0 bridgehead atoms. The Bertz CT molecular complexity index is 2610. The van der Waals surface area contributed by atoms with Crippen LogP contribution in [0.2, 0.25) is 10.0 Å². The zero-order chi connectivity index (χ0) is 42.8. The van der Waals surface area contributed by atoms with Gasteiger partial charge < -0.3 is 24.6 Å². The van der Waals surface area contributed by atoms with Crippen LogP contribution in [0.4, 0.5) is 0 Å². The number of hydrogen-bond acceptors (Lipinski definition) is 7. The second-order valence-electron chi connectivity index (χ2n) is 16.0. The Labute approximate surface area is 366 Å². The first kappa shape index (κ1) is 41.8. The third-order valence-electron chi connectivity index (χ3n) is 11.8. The molecule has 2 N–H and O–H groups in total. The lowest BCUT2D eigenvalue weighted by atomic mass is 9.90. The van der Waals surface area contributed by atoms with Gasteiger partial charge in [0, 0.05) is 43.0 Å². The number of hydrogen-bond donors (Lipinski definition) is 2. The van der Waals surface area contributed by atoms with Crippen LogP contribution in [0.25, 0.3) is 11.1 Å². The minimum Gasteiger partial charge on any atom is -0.489 e. The average Bonchev–Trinajstić information content (AvgIpc) is 3.23. The highest BCUT2D eigenvalue weighted by Crippen LogP contribution is 2.42. The number of pyridine rings is 1. The van der Waals surface area contributed by atoms with Crippen LogP contribution in [0.1, 0.15) is 61.9 Å². The molecular weight excluding hydrogens is 809 g/mol. The molecule has 6 aromatic rings. The highest BCUT2D eigenvalue weighted by Gasteiger charge is 2.35. The molecule has 3 atom stereocenters. The normalized spacial score (nSPS) is 16.0. The fourth-order valence-electron chi connectivity index (χ4n) is 8.07. The molecule has 2 aliphatic rings. The molecule has 2 aliphatic heterocycles. The third kappa shape index (κ3) is 9.39. The number of aryl methyl sites for hydroxylation is 3. The lowest BCUT2D eigenvalue weighted by Crippen LogP contribution is -2.54. The standard InChI is InChI=1S/C50H47Cl2N3O6/c1-29-7-5-6-8-36(29)25-55-26-38-19-30(2)46(60-28-48-41-15-14-39(24-47(41)61-48)59-27-34-11-16-42(51)43(52)20-34)23-37(38)22-45(55)49(56)54-44(50(57)58)21-33-9-12-35(13-10-33)40-17-18-53-32(4)31(40)3/h5-20,23-24,44-45,48H,21-22,25-28H2,1-4H3,(H,54,56)(H,57,58)/t44-,45-,48?/m0/s1. The molecule has 5 aromatic carbocycles. The topological polar surface area (TPSA) is 110 Å². The predicted molar refractivity (Wildman–Crippen MR) is 238 cm³/mol. The van der Waals surface area contributed by atoms with E-state index in [0.29, 0.717) is 54.3 Å². The summed E-state index contributed by atoms with van der Waals surface area (Å²) < 4.78 is 18.5. The Hall–Kier alpha value is -5.87. The molecule has 61 heavy (non-hydrogen) atoms. The number of benzene rings is 5. The van der Waals surface area contributed by atoms with Crippen molar-refractivity contribution in [1.82, 2.24) is 15.2 Å². The van der Waals surface area contributed by atoms with Gasteiger partial charge in [-0.2, -0.15) is 0 Å². The predicted octanol–water partition coefficient (Wildman–Crippen LogP) is 10.1. The van der Waals surface area contributed by atoms with Gasteiger partial charge in [0.2, 0.25) is 5.91 Å². The summed E-state index contributed by atoms with van der Waals surface area (Å²) in [5.41, 5.74) is 12.2. The lowest BCUT2D eigenvalue weighted by Gasteiger charge is -2.37. The molecular formula is C50H47Cl2N3O6. The average molecular weight is 857 g/mol. The van der Waals surface area contributed by atoms with Crippen molar-refractivity contribution in [2.75, 3.05) is 6.61 Å². The van der Waals surface area contributed by atoms with E-state index in [-0.39, 0.29) is 18.4 Å². The number of fused-ring (bicyclic) bond motifs is 2. The first-order valence-electron chi connectivity index (χ1n) is 20.4. The molecule has 3 heterocycles. The number of carboxylic acid groups (broad SMARTS) is 1. The molecule has 0 saturated heterocycles. The van der Waals surface area contributed by atoms with Crippen molar-refractivity contribution in [2.24, 2.45) is 0 Å². The lowest BCUT2D eigenvalue weighted by molar-refractivity contribution is -0.142. The molecule has 1 aromatic heterocycles. The van der Waals surface area contributed by atoms with Crippen LogP contribution in [0.15, 0.2) is 109 Å². The molecule has 1 amide bonds. The number of halogens is 2. The van der Waals surface area contributed by atoms with Crippen molar-refractivity contribution < 1.29 is 28.9 Å². The van der Waals surface area contributed by atoms with Gasteiger partial charge in [0.15, 0.2) is 6.10 Å². The maximum Gasteiger partial charge on any atom is 0.326 e. The fraction of sp³-hybridized carbons (Fsp3) is 0.260. The van der Waals surface area contributed by atoms with Crippen molar-refractivity contribution in [2.45, 2.75) is 78.4 Å². The van der Waals surface area contributed by atoms with E-state index in [1.165, 1.54) is 0 Å². The molecule has 0 spiro atoms. The monoisotopic (exact) mass is 855 g/mol. The van der Waals surface area contributed by atoms with E-state index in [0.717, 1.165) is 72.6 Å². The van der Waals surface area contributed by atoms with Gasteiger partial charge in [-0.15, -0.1) is 0 Å². The zero-order valence-corrected chi connectivity index (χ0v) is 36.0. The Balaban J connectivity index is 0.952. The first-order chi connectivity index (χ1) is 29.4. The summed E-state index contributed by atoms with van der Waals surface area (Å²) in [7, 11) is 0. The Morgan fingerprint density at radius 3 is 2.41 bits per heavy atom. The van der Waals surface area contributed by atoms with E-state index in [2.05, 4.69) is 40.3 Å². The summed E-state index contributed by atoms with van der Waals surface area (Å²) in [4.78, 5) is 33.5. The first-order valence-corrected chi connectivity index (χ1v) is 21.1. The second kappa shape index (κ2) is 18.0. The Kier molecular flexibility index (Phi) is 12.3. The quantitative estimate of drug-likeness (QED) is 0.111. The summed E-state index contributed by atoms with van der Waals surface area (Å²) in [5.74, 6) is 0.733. The summed E-state index contributed by atoms with van der Waals surface area (Å²) >= 11 is 12.2. The number of aliphatic carboxylic acids is 1. The summed E-state index contributed by atoms with van der Waals surface area (Å²) in [6, 6.07) is 31.6. The van der Waals surface area contributed by atoms with Crippen molar-refractivity contribution in [1.29, 1.82) is 0 Å². The van der Waals surface area contributed by atoms with E-state index in [1.54, 1.807) is 18.3 Å². The van der Waals surface area contributed by atoms with E-state index in [4.69, 9.17) is 37.4 Å². The van der Waals surface area contributed by atoms with E-state index < -0.39 is 18.1 Å². The van der Waals surface area contributed by atoms with Gasteiger partial charge in [-0.05, 0) is 126 Å². The molecule has 11 heteroatoms. The van der Waals surface area contributed by atoms with Crippen molar-refractivity contribution in [3.8, 4) is 28.4 Å². The van der Waals surface area contributed by atoms with Crippen LogP contribution in [0.5, 0.6) is 17.2 Å². The molecule has 0 fully saturated rings. The zero-order valence-electron chi connectivity index (χ0n) is 34.5. The van der Waals surface area contributed by atoms with Crippen molar-refractivity contribution >= 4 is 35.1 Å². The van der Waals surface area contributed by atoms with Gasteiger partial charge in [-0.25, -0.2) is 4.79 Å².